The van der Waals surface area contributed by atoms with Gasteiger partial charge in [-0.25, -0.2) is 9.18 Å². The van der Waals surface area contributed by atoms with E-state index in [1.165, 1.54) is 12.1 Å². The van der Waals surface area contributed by atoms with Crippen LogP contribution in [0.2, 0.25) is 0 Å². The Morgan fingerprint density at radius 3 is 2.62 bits per heavy atom. The van der Waals surface area contributed by atoms with Gasteiger partial charge in [0.05, 0.1) is 0 Å². The van der Waals surface area contributed by atoms with Gasteiger partial charge in [-0.2, -0.15) is 0 Å². The highest BCUT2D eigenvalue weighted by molar-refractivity contribution is 5.94. The lowest BCUT2D eigenvalue weighted by atomic mass is 10.1. The molecule has 0 atom stereocenters. The highest BCUT2D eigenvalue weighted by Gasteiger charge is 2.21. The molecule has 0 aliphatic carbocycles. The van der Waals surface area contributed by atoms with Crippen LogP contribution >= 0.6 is 0 Å². The quantitative estimate of drug-likeness (QED) is 0.797. The van der Waals surface area contributed by atoms with E-state index in [0.717, 1.165) is 5.56 Å². The molecular weight excluding hydrogens is 267 g/mol. The molecule has 0 radical (unpaired) electrons. The van der Waals surface area contributed by atoms with Crippen LogP contribution in [0.3, 0.4) is 0 Å². The number of cyclic esters (lactones) is 1. The Morgan fingerprint density at radius 1 is 1.05 bits per heavy atom. The van der Waals surface area contributed by atoms with Crippen molar-refractivity contribution in [2.75, 3.05) is 0 Å². The number of ether oxygens (including phenoxy) is 1. The molecule has 2 aromatic rings. The van der Waals surface area contributed by atoms with E-state index < -0.39 is 0 Å². The lowest BCUT2D eigenvalue weighted by Crippen LogP contribution is -2.01. The van der Waals surface area contributed by atoms with Crippen molar-refractivity contribution in [3.8, 4) is 0 Å². The Morgan fingerprint density at radius 2 is 1.86 bits per heavy atom. The monoisotopic (exact) mass is 280 g/mol. The van der Waals surface area contributed by atoms with Gasteiger partial charge in [0.25, 0.3) is 0 Å². The molecule has 0 N–H and O–H groups in total. The number of esters is 1. The van der Waals surface area contributed by atoms with E-state index >= 15 is 0 Å². The maximum absolute atomic E-state index is 13.1. The van der Waals surface area contributed by atoms with E-state index in [9.17, 15) is 9.18 Å². The second kappa shape index (κ2) is 5.75. The van der Waals surface area contributed by atoms with Crippen LogP contribution in [-0.4, -0.2) is 5.97 Å². The molecule has 2 nitrogen and oxygen atoms in total. The smallest absolute Gasteiger partial charge is 0.339 e. The molecule has 1 aliphatic rings. The Hall–Kier alpha value is -2.68. The molecule has 0 fully saturated rings. The predicted molar refractivity (Wildman–Crippen MR) is 78.7 cm³/mol. The van der Waals surface area contributed by atoms with Gasteiger partial charge >= 0.3 is 5.97 Å². The standard InChI is InChI=1S/C18H13FO2/c19-16-8-4-7-14(10-16)11-17-12-15(18(20)21-17)9-13-5-2-1-3-6-13/h1-8,10-12H,9H2/b17-11-. The summed E-state index contributed by atoms with van der Waals surface area (Å²) in [6, 6.07) is 15.9. The molecule has 1 heterocycles. The molecule has 1 aliphatic heterocycles. The molecule has 0 bridgehead atoms. The fourth-order valence-corrected chi connectivity index (χ4v) is 2.20. The third-order valence-electron chi connectivity index (χ3n) is 3.18. The highest BCUT2D eigenvalue weighted by Crippen LogP contribution is 2.23. The van der Waals surface area contributed by atoms with E-state index in [-0.39, 0.29) is 11.8 Å². The fourth-order valence-electron chi connectivity index (χ4n) is 2.20. The molecule has 104 valence electrons. The zero-order valence-corrected chi connectivity index (χ0v) is 11.3. The summed E-state index contributed by atoms with van der Waals surface area (Å²) in [6.07, 6.45) is 3.89. The third kappa shape index (κ3) is 3.26. The van der Waals surface area contributed by atoms with E-state index in [1.807, 2.05) is 30.3 Å². The molecule has 0 unspecified atom stereocenters. The Kier molecular flexibility index (Phi) is 3.65. The van der Waals surface area contributed by atoms with Crippen LogP contribution in [0.1, 0.15) is 11.1 Å². The van der Waals surface area contributed by atoms with Crippen LogP contribution in [0.5, 0.6) is 0 Å². The largest absolute Gasteiger partial charge is 0.423 e. The summed E-state index contributed by atoms with van der Waals surface area (Å²) < 4.78 is 18.3. The van der Waals surface area contributed by atoms with Crippen molar-refractivity contribution in [1.82, 2.24) is 0 Å². The fraction of sp³-hybridized carbons (Fsp3) is 0.0556. The van der Waals surface area contributed by atoms with Crippen molar-refractivity contribution in [1.29, 1.82) is 0 Å². The average Bonchev–Trinajstić information content (AvgIpc) is 2.80. The van der Waals surface area contributed by atoms with Gasteiger partial charge in [-0.3, -0.25) is 0 Å². The van der Waals surface area contributed by atoms with Crippen LogP contribution < -0.4 is 0 Å². The molecule has 2 aromatic carbocycles. The molecule has 0 spiro atoms. The van der Waals surface area contributed by atoms with Gasteiger partial charge < -0.3 is 4.74 Å². The number of hydrogen-bond acceptors (Lipinski definition) is 2. The van der Waals surface area contributed by atoms with Gasteiger partial charge in [0.1, 0.15) is 11.6 Å². The van der Waals surface area contributed by atoms with E-state index in [2.05, 4.69) is 0 Å². The second-order valence-corrected chi connectivity index (χ2v) is 4.82. The second-order valence-electron chi connectivity index (χ2n) is 4.82. The normalized spacial score (nSPS) is 16.0. The Balaban J connectivity index is 1.82. The van der Waals surface area contributed by atoms with Crippen LogP contribution in [0.25, 0.3) is 6.08 Å². The highest BCUT2D eigenvalue weighted by atomic mass is 19.1. The number of carbonyl (C=O) groups excluding carboxylic acids is 1. The minimum absolute atomic E-state index is 0.317. The third-order valence-corrected chi connectivity index (χ3v) is 3.18. The molecule has 3 heteroatoms. The zero-order valence-electron chi connectivity index (χ0n) is 11.3. The summed E-state index contributed by atoms with van der Waals surface area (Å²) in [7, 11) is 0. The molecule has 3 rings (SSSR count). The van der Waals surface area contributed by atoms with Gasteiger partial charge in [0.2, 0.25) is 0 Å². The van der Waals surface area contributed by atoms with Gasteiger partial charge in [-0.15, -0.1) is 0 Å². The topological polar surface area (TPSA) is 26.3 Å². The van der Waals surface area contributed by atoms with Crippen molar-refractivity contribution >= 4 is 12.0 Å². The lowest BCUT2D eigenvalue weighted by Gasteiger charge is -1.99. The summed E-state index contributed by atoms with van der Waals surface area (Å²) >= 11 is 0. The number of hydrogen-bond donors (Lipinski definition) is 0. The van der Waals surface area contributed by atoms with Crippen LogP contribution in [0, 0.1) is 5.82 Å². The first kappa shape index (κ1) is 13.3. The number of rotatable bonds is 3. The predicted octanol–water partition coefficient (Wildman–Crippen LogP) is 3.89. The average molecular weight is 280 g/mol. The molecule has 0 amide bonds. The van der Waals surface area contributed by atoms with Crippen molar-refractivity contribution in [3.63, 3.8) is 0 Å². The molecular formula is C18H13FO2. The first-order valence-electron chi connectivity index (χ1n) is 6.65. The van der Waals surface area contributed by atoms with Gasteiger partial charge in [0.15, 0.2) is 0 Å². The minimum atomic E-state index is -0.346. The number of carbonyl (C=O) groups is 1. The molecule has 21 heavy (non-hydrogen) atoms. The first-order valence-corrected chi connectivity index (χ1v) is 6.65. The summed E-state index contributed by atoms with van der Waals surface area (Å²) in [5.41, 5.74) is 2.31. The number of halogens is 1. The van der Waals surface area contributed by atoms with Gasteiger partial charge in [-0.1, -0.05) is 42.5 Å². The maximum Gasteiger partial charge on any atom is 0.339 e. The van der Waals surface area contributed by atoms with E-state index in [1.54, 1.807) is 24.3 Å². The summed E-state index contributed by atoms with van der Waals surface area (Å²) in [5.74, 6) is -0.222. The van der Waals surface area contributed by atoms with Crippen LogP contribution in [0.15, 0.2) is 72.0 Å². The minimum Gasteiger partial charge on any atom is -0.423 e. The lowest BCUT2D eigenvalue weighted by molar-refractivity contribution is -0.133. The SMILES string of the molecule is O=C1O/C(=C\c2cccc(F)c2)C=C1Cc1ccccc1. The van der Waals surface area contributed by atoms with Crippen LogP contribution in [-0.2, 0) is 16.0 Å². The first-order chi connectivity index (χ1) is 10.2. The Labute approximate surface area is 122 Å². The van der Waals surface area contributed by atoms with E-state index in [0.29, 0.717) is 23.3 Å². The van der Waals surface area contributed by atoms with Crippen molar-refractivity contribution in [2.45, 2.75) is 6.42 Å². The maximum atomic E-state index is 13.1. The summed E-state index contributed by atoms with van der Waals surface area (Å²) in [6.45, 7) is 0. The van der Waals surface area contributed by atoms with Crippen LogP contribution in [0.4, 0.5) is 4.39 Å². The van der Waals surface area contributed by atoms with Gasteiger partial charge in [0, 0.05) is 12.0 Å². The Bertz CT molecular complexity index is 730. The molecule has 0 aromatic heterocycles. The number of benzene rings is 2. The van der Waals surface area contributed by atoms with Crippen molar-refractivity contribution in [2.24, 2.45) is 0 Å². The summed E-state index contributed by atoms with van der Waals surface area (Å²) in [5, 5.41) is 0. The van der Waals surface area contributed by atoms with Crippen molar-refractivity contribution < 1.29 is 13.9 Å². The molecule has 0 saturated heterocycles. The summed E-state index contributed by atoms with van der Waals surface area (Å²) in [4.78, 5) is 11.8. The van der Waals surface area contributed by atoms with Crippen molar-refractivity contribution in [3.05, 3.63) is 88.9 Å². The molecule has 0 saturated carbocycles. The number of allylic oxidation sites excluding steroid dienone is 1. The zero-order chi connectivity index (χ0) is 14.7. The van der Waals surface area contributed by atoms with E-state index in [4.69, 9.17) is 4.74 Å². The van der Waals surface area contributed by atoms with Gasteiger partial charge in [-0.05, 0) is 35.4 Å².